The average Bonchev–Trinajstić information content (AvgIpc) is 2.75. The van der Waals surface area contributed by atoms with Gasteiger partial charge in [0.05, 0.1) is 6.04 Å². The lowest BCUT2D eigenvalue weighted by atomic mass is 10.2. The van der Waals surface area contributed by atoms with Crippen molar-refractivity contribution in [1.29, 1.82) is 0 Å². The van der Waals surface area contributed by atoms with Crippen molar-refractivity contribution in [1.82, 2.24) is 15.2 Å². The van der Waals surface area contributed by atoms with E-state index in [1.165, 1.54) is 22.9 Å². The van der Waals surface area contributed by atoms with E-state index in [1.807, 2.05) is 6.20 Å². The van der Waals surface area contributed by atoms with E-state index in [2.05, 4.69) is 36.1 Å². The molecule has 1 N–H and O–H groups in total. The van der Waals surface area contributed by atoms with Crippen LogP contribution in [0.25, 0.3) is 0 Å². The minimum absolute atomic E-state index is 0.389. The van der Waals surface area contributed by atoms with Gasteiger partial charge in [0.1, 0.15) is 5.01 Å². The normalized spacial score (nSPS) is 24.6. The maximum Gasteiger partial charge on any atom is 0.109 e. The van der Waals surface area contributed by atoms with Gasteiger partial charge < -0.3 is 10.2 Å². The quantitative estimate of drug-likeness (QED) is 0.850. The highest BCUT2D eigenvalue weighted by Gasteiger charge is 2.21. The molecule has 1 fully saturated rings. The monoisotopic (exact) mass is 225 g/mol. The molecule has 84 valence electrons. The summed E-state index contributed by atoms with van der Waals surface area (Å²) in [5.41, 5.74) is 0. The van der Waals surface area contributed by atoms with Gasteiger partial charge in [-0.1, -0.05) is 0 Å². The number of hydrogen-bond acceptors (Lipinski definition) is 4. The van der Waals surface area contributed by atoms with Crippen molar-refractivity contribution >= 4 is 11.3 Å². The molecule has 4 heteroatoms. The van der Waals surface area contributed by atoms with Crippen LogP contribution in [0.5, 0.6) is 0 Å². The lowest BCUT2D eigenvalue weighted by molar-refractivity contribution is 0.387. The fourth-order valence-electron chi connectivity index (χ4n) is 2.07. The topological polar surface area (TPSA) is 28.2 Å². The third-order valence-corrected chi connectivity index (χ3v) is 3.98. The molecule has 15 heavy (non-hydrogen) atoms. The van der Waals surface area contributed by atoms with Gasteiger partial charge in [0.2, 0.25) is 0 Å². The predicted octanol–water partition coefficient (Wildman–Crippen LogP) is 1.81. The van der Waals surface area contributed by atoms with Crippen LogP contribution < -0.4 is 5.32 Å². The summed E-state index contributed by atoms with van der Waals surface area (Å²) in [5.74, 6) is 0. The Morgan fingerprint density at radius 1 is 1.67 bits per heavy atom. The fraction of sp³-hybridized carbons (Fsp3) is 0.727. The molecule has 2 unspecified atom stereocenters. The van der Waals surface area contributed by atoms with Crippen LogP contribution in [0.15, 0.2) is 6.20 Å². The molecule has 3 nitrogen and oxygen atoms in total. The Bertz CT molecular complexity index is 323. The highest BCUT2D eigenvalue weighted by Crippen LogP contribution is 2.20. The third-order valence-electron chi connectivity index (χ3n) is 2.89. The van der Waals surface area contributed by atoms with Crippen LogP contribution in [0.2, 0.25) is 0 Å². The van der Waals surface area contributed by atoms with Crippen LogP contribution in [0.4, 0.5) is 0 Å². The second-order valence-electron chi connectivity index (χ2n) is 4.45. The van der Waals surface area contributed by atoms with E-state index in [4.69, 9.17) is 0 Å². The molecule has 1 saturated heterocycles. The summed E-state index contributed by atoms with van der Waals surface area (Å²) in [7, 11) is 2.18. The summed E-state index contributed by atoms with van der Waals surface area (Å²) in [5, 5.41) is 4.86. The first-order valence-corrected chi connectivity index (χ1v) is 6.33. The summed E-state index contributed by atoms with van der Waals surface area (Å²) in [6.07, 6.45) is 3.21. The van der Waals surface area contributed by atoms with Gasteiger partial charge in [0, 0.05) is 23.7 Å². The molecule has 0 bridgehead atoms. The van der Waals surface area contributed by atoms with Gasteiger partial charge in [-0.25, -0.2) is 4.98 Å². The van der Waals surface area contributed by atoms with Gasteiger partial charge in [0.25, 0.3) is 0 Å². The van der Waals surface area contributed by atoms with E-state index in [9.17, 15) is 0 Å². The minimum atomic E-state index is 0.389. The van der Waals surface area contributed by atoms with Crippen molar-refractivity contribution in [2.24, 2.45) is 0 Å². The Kier molecular flexibility index (Phi) is 3.38. The van der Waals surface area contributed by atoms with Crippen LogP contribution in [0.1, 0.15) is 29.3 Å². The van der Waals surface area contributed by atoms with E-state index in [0.29, 0.717) is 12.1 Å². The highest BCUT2D eigenvalue weighted by atomic mass is 32.1. The van der Waals surface area contributed by atoms with Crippen LogP contribution in [0, 0.1) is 6.92 Å². The molecule has 1 aromatic heterocycles. The number of thiazole rings is 1. The number of nitrogens with one attached hydrogen (secondary N) is 1. The largest absolute Gasteiger partial charge is 0.305 e. The second kappa shape index (κ2) is 4.60. The van der Waals surface area contributed by atoms with Crippen molar-refractivity contribution in [3.63, 3.8) is 0 Å². The molecule has 2 atom stereocenters. The van der Waals surface area contributed by atoms with Gasteiger partial charge in [-0.15, -0.1) is 11.3 Å². The Morgan fingerprint density at radius 3 is 3.00 bits per heavy atom. The van der Waals surface area contributed by atoms with Crippen molar-refractivity contribution in [2.45, 2.75) is 32.4 Å². The number of likely N-dealkylation sites (N-methyl/N-ethyl adjacent to an activating group) is 1. The van der Waals surface area contributed by atoms with Gasteiger partial charge >= 0.3 is 0 Å². The summed E-state index contributed by atoms with van der Waals surface area (Å²) in [6, 6.07) is 1.02. The summed E-state index contributed by atoms with van der Waals surface area (Å²) in [4.78, 5) is 8.09. The average molecular weight is 225 g/mol. The molecule has 1 aliphatic rings. The molecule has 0 radical (unpaired) electrons. The number of aromatic nitrogens is 1. The molecule has 0 saturated carbocycles. The number of nitrogens with zero attached hydrogens (tertiary/aromatic N) is 2. The van der Waals surface area contributed by atoms with Crippen molar-refractivity contribution in [3.05, 3.63) is 16.1 Å². The third kappa shape index (κ3) is 2.77. The first-order valence-electron chi connectivity index (χ1n) is 5.52. The first-order chi connectivity index (χ1) is 7.15. The Hall–Kier alpha value is -0.450. The summed E-state index contributed by atoms with van der Waals surface area (Å²) >= 11 is 1.79. The van der Waals surface area contributed by atoms with Crippen molar-refractivity contribution < 1.29 is 0 Å². The maximum absolute atomic E-state index is 4.42. The van der Waals surface area contributed by atoms with Crippen molar-refractivity contribution in [2.75, 3.05) is 20.1 Å². The molecule has 0 amide bonds. The van der Waals surface area contributed by atoms with Crippen LogP contribution >= 0.6 is 11.3 Å². The summed E-state index contributed by atoms with van der Waals surface area (Å²) in [6.45, 7) is 6.68. The maximum atomic E-state index is 4.42. The van der Waals surface area contributed by atoms with Gasteiger partial charge in [-0.3, -0.25) is 0 Å². The first kappa shape index (κ1) is 11.0. The molecule has 1 aromatic rings. The smallest absolute Gasteiger partial charge is 0.109 e. The number of hydrogen-bond donors (Lipinski definition) is 1. The molecule has 1 aliphatic heterocycles. The minimum Gasteiger partial charge on any atom is -0.305 e. The Balaban J connectivity index is 1.89. The van der Waals surface area contributed by atoms with E-state index in [0.717, 1.165) is 6.54 Å². The zero-order valence-corrected chi connectivity index (χ0v) is 10.5. The van der Waals surface area contributed by atoms with Gasteiger partial charge in [-0.2, -0.15) is 0 Å². The Labute approximate surface area is 95.5 Å². The Morgan fingerprint density at radius 2 is 2.47 bits per heavy atom. The van der Waals surface area contributed by atoms with Gasteiger partial charge in [0.15, 0.2) is 0 Å². The van der Waals surface area contributed by atoms with Crippen LogP contribution in [-0.4, -0.2) is 36.1 Å². The van der Waals surface area contributed by atoms with E-state index in [1.54, 1.807) is 11.3 Å². The lowest BCUT2D eigenvalue weighted by Crippen LogP contribution is -2.33. The molecular weight excluding hydrogens is 206 g/mol. The van der Waals surface area contributed by atoms with E-state index >= 15 is 0 Å². The summed E-state index contributed by atoms with van der Waals surface area (Å²) < 4.78 is 0. The predicted molar refractivity (Wildman–Crippen MR) is 64.3 cm³/mol. The van der Waals surface area contributed by atoms with Crippen molar-refractivity contribution in [3.8, 4) is 0 Å². The zero-order chi connectivity index (χ0) is 10.8. The van der Waals surface area contributed by atoms with Gasteiger partial charge in [-0.05, 0) is 33.9 Å². The molecule has 0 spiro atoms. The van der Waals surface area contributed by atoms with E-state index in [-0.39, 0.29) is 0 Å². The fourth-order valence-corrected chi connectivity index (χ4v) is 2.85. The molecular formula is C11H19N3S. The second-order valence-corrected chi connectivity index (χ2v) is 5.71. The zero-order valence-electron chi connectivity index (χ0n) is 9.66. The standard InChI is InChI=1S/C11H19N3S/c1-8-6-12-11(15-8)9(2)13-10-4-5-14(3)7-10/h6,9-10,13H,4-5,7H2,1-3H3. The highest BCUT2D eigenvalue weighted by molar-refractivity contribution is 7.11. The number of aryl methyl sites for hydroxylation is 1. The van der Waals surface area contributed by atoms with Crippen LogP contribution in [-0.2, 0) is 0 Å². The molecule has 0 aromatic carbocycles. The molecule has 2 rings (SSSR count). The number of rotatable bonds is 3. The lowest BCUT2D eigenvalue weighted by Gasteiger charge is -2.17. The SMILES string of the molecule is Cc1cnc(C(C)NC2CCN(C)C2)s1. The molecule has 2 heterocycles. The molecule has 0 aliphatic carbocycles. The number of likely N-dealkylation sites (tertiary alicyclic amines) is 1. The van der Waals surface area contributed by atoms with Crippen LogP contribution in [0.3, 0.4) is 0 Å². The van der Waals surface area contributed by atoms with E-state index < -0.39 is 0 Å².